The molecular weight excluding hydrogens is 417 g/mol. The lowest BCUT2D eigenvalue weighted by Crippen LogP contribution is -2.18. The number of halogens is 4. The van der Waals surface area contributed by atoms with E-state index in [1.165, 1.54) is 18.5 Å². The van der Waals surface area contributed by atoms with Crippen LogP contribution in [0.2, 0.25) is 5.02 Å². The van der Waals surface area contributed by atoms with E-state index >= 15 is 0 Å². The summed E-state index contributed by atoms with van der Waals surface area (Å²) in [6.45, 7) is 0. The van der Waals surface area contributed by atoms with Crippen LogP contribution >= 0.6 is 11.6 Å². The van der Waals surface area contributed by atoms with Crippen molar-refractivity contribution in [1.29, 1.82) is 0 Å². The number of benzene rings is 1. The van der Waals surface area contributed by atoms with Crippen LogP contribution in [0.15, 0.2) is 53.8 Å². The predicted octanol–water partition coefficient (Wildman–Crippen LogP) is 4.02. The van der Waals surface area contributed by atoms with Crippen molar-refractivity contribution in [1.82, 2.24) is 20.2 Å². The predicted molar refractivity (Wildman–Crippen MR) is 95.3 cm³/mol. The molecule has 148 valence electrons. The third kappa shape index (κ3) is 4.33. The lowest BCUT2D eigenvalue weighted by molar-refractivity contribution is -0.137. The summed E-state index contributed by atoms with van der Waals surface area (Å²) in [6, 6.07) is 8.28. The van der Waals surface area contributed by atoms with Gasteiger partial charge in [0, 0.05) is 12.6 Å². The number of hydrogen-bond acceptors (Lipinski definition) is 5. The fourth-order valence-corrected chi connectivity index (χ4v) is 4.81. The number of hydrogen-bond donors (Lipinski definition) is 1. The van der Waals surface area contributed by atoms with Gasteiger partial charge in [-0.25, -0.2) is 13.4 Å². The van der Waals surface area contributed by atoms with Gasteiger partial charge >= 0.3 is 6.18 Å². The van der Waals surface area contributed by atoms with Crippen molar-refractivity contribution in [3.05, 3.63) is 71.0 Å². The Morgan fingerprint density at radius 1 is 1.14 bits per heavy atom. The zero-order valence-corrected chi connectivity index (χ0v) is 15.8. The van der Waals surface area contributed by atoms with Crippen molar-refractivity contribution in [3.63, 3.8) is 0 Å². The van der Waals surface area contributed by atoms with Gasteiger partial charge in [-0.1, -0.05) is 29.8 Å². The minimum atomic E-state index is -4.64. The molecule has 0 fully saturated rings. The molecule has 0 aliphatic rings. The van der Waals surface area contributed by atoms with E-state index in [-0.39, 0.29) is 28.5 Å². The number of sulfone groups is 1. The SMILES string of the molecule is O=S(=O)(c1ccccc1)C(CCc1ncn[nH]1)c1ncc(C(F)(F)F)cc1Cl. The second-order valence-corrected chi connectivity index (χ2v) is 8.44. The molecule has 0 saturated carbocycles. The van der Waals surface area contributed by atoms with E-state index in [1.54, 1.807) is 18.2 Å². The third-order valence-electron chi connectivity index (χ3n) is 4.06. The van der Waals surface area contributed by atoms with Gasteiger partial charge in [0.2, 0.25) is 0 Å². The molecule has 1 unspecified atom stereocenters. The molecule has 28 heavy (non-hydrogen) atoms. The average Bonchev–Trinajstić information content (AvgIpc) is 3.16. The molecule has 6 nitrogen and oxygen atoms in total. The van der Waals surface area contributed by atoms with E-state index < -0.39 is 26.8 Å². The van der Waals surface area contributed by atoms with Crippen LogP contribution in [0.1, 0.15) is 28.8 Å². The molecule has 2 aromatic heterocycles. The van der Waals surface area contributed by atoms with E-state index in [2.05, 4.69) is 20.2 Å². The van der Waals surface area contributed by atoms with Crippen molar-refractivity contribution in [2.45, 2.75) is 29.2 Å². The number of aromatic amines is 1. The van der Waals surface area contributed by atoms with Gasteiger partial charge in [-0.3, -0.25) is 10.1 Å². The molecular formula is C17H14ClF3N4O2S. The summed E-state index contributed by atoms with van der Waals surface area (Å²) in [5.41, 5.74) is -1.19. The first kappa shape index (κ1) is 20.3. The summed E-state index contributed by atoms with van der Waals surface area (Å²) in [6.07, 6.45) is -2.58. The Morgan fingerprint density at radius 3 is 2.43 bits per heavy atom. The van der Waals surface area contributed by atoms with Gasteiger partial charge in [0.15, 0.2) is 9.84 Å². The summed E-state index contributed by atoms with van der Waals surface area (Å²) in [7, 11) is -3.97. The molecule has 0 spiro atoms. The molecule has 3 rings (SSSR count). The number of alkyl halides is 3. The fourth-order valence-electron chi connectivity index (χ4n) is 2.67. The quantitative estimate of drug-likeness (QED) is 0.638. The van der Waals surface area contributed by atoms with Gasteiger partial charge < -0.3 is 0 Å². The summed E-state index contributed by atoms with van der Waals surface area (Å²) in [5.74, 6) is 0.441. The van der Waals surface area contributed by atoms with E-state index in [0.29, 0.717) is 18.1 Å². The molecule has 0 aliphatic carbocycles. The van der Waals surface area contributed by atoms with Crippen molar-refractivity contribution in [2.75, 3.05) is 0 Å². The summed E-state index contributed by atoms with van der Waals surface area (Å²) in [5, 5.41) is 4.70. The van der Waals surface area contributed by atoms with E-state index in [1.807, 2.05) is 0 Å². The highest BCUT2D eigenvalue weighted by molar-refractivity contribution is 7.91. The van der Waals surface area contributed by atoms with Crippen LogP contribution in [0.5, 0.6) is 0 Å². The maximum Gasteiger partial charge on any atom is 0.417 e. The maximum absolute atomic E-state index is 13.2. The number of nitrogens with one attached hydrogen (secondary N) is 1. The average molecular weight is 431 g/mol. The number of H-pyrrole nitrogens is 1. The van der Waals surface area contributed by atoms with Gasteiger partial charge in [0.05, 0.1) is 21.2 Å². The molecule has 11 heteroatoms. The zero-order valence-electron chi connectivity index (χ0n) is 14.2. The van der Waals surface area contributed by atoms with Crippen molar-refractivity contribution in [3.8, 4) is 0 Å². The number of aryl methyl sites for hydroxylation is 1. The minimum Gasteiger partial charge on any atom is -0.263 e. The van der Waals surface area contributed by atoms with Crippen LogP contribution in [0.3, 0.4) is 0 Å². The first-order valence-electron chi connectivity index (χ1n) is 8.05. The van der Waals surface area contributed by atoms with Gasteiger partial charge in [-0.2, -0.15) is 18.3 Å². The molecule has 1 N–H and O–H groups in total. The standard InChI is InChI=1S/C17H14ClF3N4O2S/c18-13-8-11(17(19,20)21)9-22-16(13)14(6-7-15-23-10-24-25-15)28(26,27)12-4-2-1-3-5-12/h1-5,8-10,14H,6-7H2,(H,23,24,25). The van der Waals surface area contributed by atoms with Crippen LogP contribution in [-0.2, 0) is 22.4 Å². The number of aromatic nitrogens is 4. The third-order valence-corrected chi connectivity index (χ3v) is 6.50. The summed E-state index contributed by atoms with van der Waals surface area (Å²) < 4.78 is 65.0. The second kappa shape index (κ2) is 7.88. The molecule has 1 atom stereocenters. The van der Waals surface area contributed by atoms with Crippen molar-refractivity contribution >= 4 is 21.4 Å². The smallest absolute Gasteiger partial charge is 0.263 e. The Balaban J connectivity index is 2.03. The van der Waals surface area contributed by atoms with Crippen molar-refractivity contribution in [2.24, 2.45) is 0 Å². The van der Waals surface area contributed by atoms with Gasteiger partial charge in [-0.05, 0) is 24.6 Å². The second-order valence-electron chi connectivity index (χ2n) is 5.91. The van der Waals surface area contributed by atoms with E-state index in [0.717, 1.165) is 0 Å². The minimum absolute atomic E-state index is 0.00447. The highest BCUT2D eigenvalue weighted by atomic mass is 35.5. The van der Waals surface area contributed by atoms with E-state index in [9.17, 15) is 21.6 Å². The molecule has 2 heterocycles. The first-order valence-corrected chi connectivity index (χ1v) is 9.98. The Labute approximate surface area is 163 Å². The molecule has 0 bridgehead atoms. The normalized spacial score (nSPS) is 13.4. The van der Waals surface area contributed by atoms with Gasteiger partial charge in [0.1, 0.15) is 17.4 Å². The Bertz CT molecular complexity index is 1040. The number of pyridine rings is 1. The largest absolute Gasteiger partial charge is 0.417 e. The monoisotopic (exact) mass is 430 g/mol. The van der Waals surface area contributed by atoms with Crippen LogP contribution in [0, 0.1) is 0 Å². The fraction of sp³-hybridized carbons (Fsp3) is 0.235. The van der Waals surface area contributed by atoms with Gasteiger partial charge in [0.25, 0.3) is 0 Å². The molecule has 0 amide bonds. The highest BCUT2D eigenvalue weighted by Gasteiger charge is 2.35. The molecule has 3 aromatic rings. The molecule has 0 radical (unpaired) electrons. The molecule has 0 aliphatic heterocycles. The lowest BCUT2D eigenvalue weighted by Gasteiger charge is -2.19. The molecule has 0 saturated heterocycles. The Hall–Kier alpha value is -2.46. The summed E-state index contributed by atoms with van der Waals surface area (Å²) >= 11 is 6.02. The topological polar surface area (TPSA) is 88.6 Å². The van der Waals surface area contributed by atoms with Crippen LogP contribution < -0.4 is 0 Å². The van der Waals surface area contributed by atoms with Crippen LogP contribution in [-0.4, -0.2) is 28.6 Å². The van der Waals surface area contributed by atoms with Gasteiger partial charge in [-0.15, -0.1) is 0 Å². The number of rotatable bonds is 6. The first-order chi connectivity index (χ1) is 13.2. The summed E-state index contributed by atoms with van der Waals surface area (Å²) in [4.78, 5) is 7.72. The Kier molecular flexibility index (Phi) is 5.71. The molecule has 1 aromatic carbocycles. The van der Waals surface area contributed by atoms with Crippen molar-refractivity contribution < 1.29 is 21.6 Å². The Morgan fingerprint density at radius 2 is 1.86 bits per heavy atom. The number of nitrogens with zero attached hydrogens (tertiary/aromatic N) is 3. The highest BCUT2D eigenvalue weighted by Crippen LogP contribution is 2.38. The van der Waals surface area contributed by atoms with Crippen LogP contribution in [0.25, 0.3) is 0 Å². The maximum atomic E-state index is 13.2. The lowest BCUT2D eigenvalue weighted by atomic mass is 10.1. The van der Waals surface area contributed by atoms with E-state index in [4.69, 9.17) is 11.6 Å². The zero-order chi connectivity index (χ0) is 20.4. The van der Waals surface area contributed by atoms with Crippen LogP contribution in [0.4, 0.5) is 13.2 Å².